The van der Waals surface area contributed by atoms with E-state index in [1.54, 1.807) is 0 Å². The summed E-state index contributed by atoms with van der Waals surface area (Å²) in [5.74, 6) is 0.382. The molecule has 0 spiro atoms. The van der Waals surface area contributed by atoms with Crippen LogP contribution in [-0.4, -0.2) is 17.8 Å². The van der Waals surface area contributed by atoms with Gasteiger partial charge >= 0.3 is 0 Å². The maximum absolute atomic E-state index is 9.79. The van der Waals surface area contributed by atoms with Gasteiger partial charge < -0.3 is 9.84 Å². The Bertz CT molecular complexity index is 384. The third-order valence-corrected chi connectivity index (χ3v) is 3.24. The fraction of sp³-hybridized carbons (Fsp3) is 0.556. The highest BCUT2D eigenvalue weighted by Crippen LogP contribution is 2.13. The van der Waals surface area contributed by atoms with Crippen molar-refractivity contribution in [3.05, 3.63) is 47.5 Å². The molecular formula is C18H28O2. The molecule has 0 bridgehead atoms. The van der Waals surface area contributed by atoms with E-state index in [2.05, 4.69) is 39.0 Å². The predicted molar refractivity (Wildman–Crippen MR) is 84.6 cm³/mol. The summed E-state index contributed by atoms with van der Waals surface area (Å²) in [5.41, 5.74) is 2.46. The molecule has 0 fully saturated rings. The van der Waals surface area contributed by atoms with Crippen LogP contribution in [0.1, 0.15) is 45.6 Å². The van der Waals surface area contributed by atoms with Gasteiger partial charge in [0.25, 0.3) is 0 Å². The molecule has 112 valence electrons. The zero-order valence-electron chi connectivity index (χ0n) is 13.0. The van der Waals surface area contributed by atoms with Crippen molar-refractivity contribution in [1.29, 1.82) is 0 Å². The average molecular weight is 276 g/mol. The quantitative estimate of drug-likeness (QED) is 0.680. The van der Waals surface area contributed by atoms with E-state index in [9.17, 15) is 5.11 Å². The Labute approximate surface area is 123 Å². The Morgan fingerprint density at radius 3 is 2.65 bits per heavy atom. The zero-order valence-corrected chi connectivity index (χ0v) is 13.0. The lowest BCUT2D eigenvalue weighted by Crippen LogP contribution is -2.08. The predicted octanol–water partition coefficient (Wildman–Crippen LogP) is 4.34. The molecule has 2 nitrogen and oxygen atoms in total. The van der Waals surface area contributed by atoms with Gasteiger partial charge in [-0.1, -0.05) is 62.2 Å². The summed E-state index contributed by atoms with van der Waals surface area (Å²) in [4.78, 5) is 0. The van der Waals surface area contributed by atoms with Crippen molar-refractivity contribution in [2.24, 2.45) is 5.92 Å². The van der Waals surface area contributed by atoms with E-state index >= 15 is 0 Å². The third-order valence-electron chi connectivity index (χ3n) is 3.24. The van der Waals surface area contributed by atoms with E-state index in [0.29, 0.717) is 12.5 Å². The Kier molecular flexibility index (Phi) is 8.24. The van der Waals surface area contributed by atoms with E-state index in [4.69, 9.17) is 4.74 Å². The zero-order chi connectivity index (χ0) is 14.8. The molecule has 0 saturated heterocycles. The Morgan fingerprint density at radius 1 is 1.30 bits per heavy atom. The molecule has 1 aromatic carbocycles. The molecule has 0 aliphatic rings. The van der Waals surface area contributed by atoms with E-state index < -0.39 is 0 Å². The number of rotatable bonds is 9. The van der Waals surface area contributed by atoms with E-state index in [0.717, 1.165) is 25.9 Å². The van der Waals surface area contributed by atoms with Crippen LogP contribution in [0.15, 0.2) is 42.0 Å². The Morgan fingerprint density at radius 2 is 2.00 bits per heavy atom. The summed E-state index contributed by atoms with van der Waals surface area (Å²) in [5, 5.41) is 9.79. The standard InChI is InChI=1S/C18H28O2/c1-4-8-18(19)12-15(2)11-16(3)13-20-14-17-9-6-5-7-10-17/h5-7,9-11,16,18-19H,4,8,12-14H2,1-3H3/b15-11+/t16-,18+/m1/s1. The molecule has 2 heteroatoms. The lowest BCUT2D eigenvalue weighted by atomic mass is 10.0. The molecule has 0 unspecified atom stereocenters. The van der Waals surface area contributed by atoms with Gasteiger partial charge in [0.05, 0.1) is 19.3 Å². The topological polar surface area (TPSA) is 29.5 Å². The van der Waals surface area contributed by atoms with Crippen molar-refractivity contribution in [1.82, 2.24) is 0 Å². The summed E-state index contributed by atoms with van der Waals surface area (Å²) >= 11 is 0. The minimum absolute atomic E-state index is 0.200. The van der Waals surface area contributed by atoms with Crippen LogP contribution in [0.3, 0.4) is 0 Å². The lowest BCUT2D eigenvalue weighted by molar-refractivity contribution is 0.103. The van der Waals surface area contributed by atoms with Crippen molar-refractivity contribution in [3.63, 3.8) is 0 Å². The van der Waals surface area contributed by atoms with Gasteiger partial charge in [-0.2, -0.15) is 0 Å². The van der Waals surface area contributed by atoms with Crippen LogP contribution in [0.2, 0.25) is 0 Å². The lowest BCUT2D eigenvalue weighted by Gasteiger charge is -2.12. The molecule has 0 aliphatic heterocycles. The van der Waals surface area contributed by atoms with Crippen molar-refractivity contribution in [2.75, 3.05) is 6.61 Å². The highest BCUT2D eigenvalue weighted by atomic mass is 16.5. The van der Waals surface area contributed by atoms with Crippen LogP contribution in [-0.2, 0) is 11.3 Å². The van der Waals surface area contributed by atoms with Gasteiger partial charge in [-0.3, -0.25) is 0 Å². The number of benzene rings is 1. The normalized spacial score (nSPS) is 15.1. The summed E-state index contributed by atoms with van der Waals surface area (Å²) in [7, 11) is 0. The van der Waals surface area contributed by atoms with Crippen molar-refractivity contribution in [2.45, 2.75) is 52.7 Å². The highest BCUT2D eigenvalue weighted by Gasteiger charge is 2.05. The highest BCUT2D eigenvalue weighted by molar-refractivity contribution is 5.13. The van der Waals surface area contributed by atoms with Gasteiger partial charge in [-0.25, -0.2) is 0 Å². The van der Waals surface area contributed by atoms with Crippen LogP contribution in [0.4, 0.5) is 0 Å². The molecule has 1 N–H and O–H groups in total. The van der Waals surface area contributed by atoms with Crippen molar-refractivity contribution in [3.8, 4) is 0 Å². The number of hydrogen-bond donors (Lipinski definition) is 1. The SMILES string of the molecule is CCC[C@H](O)C/C(C)=C/[C@@H](C)COCc1ccccc1. The monoisotopic (exact) mass is 276 g/mol. The van der Waals surface area contributed by atoms with Gasteiger partial charge in [0.1, 0.15) is 0 Å². The molecule has 20 heavy (non-hydrogen) atoms. The van der Waals surface area contributed by atoms with Gasteiger partial charge in [-0.15, -0.1) is 0 Å². The first-order chi connectivity index (χ1) is 9.61. The van der Waals surface area contributed by atoms with Crippen molar-refractivity contribution >= 4 is 0 Å². The smallest absolute Gasteiger partial charge is 0.0717 e. The first-order valence-electron chi connectivity index (χ1n) is 7.58. The fourth-order valence-corrected chi connectivity index (χ4v) is 2.35. The molecule has 0 amide bonds. The maximum Gasteiger partial charge on any atom is 0.0717 e. The summed E-state index contributed by atoms with van der Waals surface area (Å²) < 4.78 is 5.73. The molecular weight excluding hydrogens is 248 g/mol. The fourth-order valence-electron chi connectivity index (χ4n) is 2.35. The number of aliphatic hydroxyl groups is 1. The molecule has 1 rings (SSSR count). The average Bonchev–Trinajstić information content (AvgIpc) is 2.39. The second kappa shape index (κ2) is 9.73. The van der Waals surface area contributed by atoms with Gasteiger partial charge in [0.2, 0.25) is 0 Å². The first kappa shape index (κ1) is 16.9. The number of hydrogen-bond acceptors (Lipinski definition) is 2. The van der Waals surface area contributed by atoms with Gasteiger partial charge in [0, 0.05) is 0 Å². The second-order valence-corrected chi connectivity index (χ2v) is 5.64. The van der Waals surface area contributed by atoms with Crippen LogP contribution in [0.25, 0.3) is 0 Å². The molecule has 1 aromatic rings. The molecule has 0 aromatic heterocycles. The molecule has 0 heterocycles. The second-order valence-electron chi connectivity index (χ2n) is 5.64. The van der Waals surface area contributed by atoms with E-state index in [1.165, 1.54) is 11.1 Å². The maximum atomic E-state index is 9.79. The van der Waals surface area contributed by atoms with Crippen molar-refractivity contribution < 1.29 is 9.84 Å². The van der Waals surface area contributed by atoms with Gasteiger partial charge in [0.15, 0.2) is 0 Å². The minimum atomic E-state index is -0.200. The molecule has 0 aliphatic carbocycles. The minimum Gasteiger partial charge on any atom is -0.393 e. The molecule has 0 radical (unpaired) electrons. The number of aliphatic hydroxyl groups excluding tert-OH is 1. The van der Waals surface area contributed by atoms with E-state index in [-0.39, 0.29) is 6.10 Å². The van der Waals surface area contributed by atoms with E-state index in [1.807, 2.05) is 18.2 Å². The van der Waals surface area contributed by atoms with Crippen LogP contribution >= 0.6 is 0 Å². The molecule has 0 saturated carbocycles. The Balaban J connectivity index is 2.26. The molecule has 2 atom stereocenters. The van der Waals surface area contributed by atoms with Crippen LogP contribution < -0.4 is 0 Å². The van der Waals surface area contributed by atoms with Crippen LogP contribution in [0, 0.1) is 5.92 Å². The first-order valence-corrected chi connectivity index (χ1v) is 7.58. The Hall–Kier alpha value is -1.12. The van der Waals surface area contributed by atoms with Crippen LogP contribution in [0.5, 0.6) is 0 Å². The van der Waals surface area contributed by atoms with Gasteiger partial charge in [-0.05, 0) is 31.2 Å². The number of ether oxygens (including phenoxy) is 1. The third kappa shape index (κ3) is 7.46. The summed E-state index contributed by atoms with van der Waals surface area (Å²) in [6, 6.07) is 10.2. The summed E-state index contributed by atoms with van der Waals surface area (Å²) in [6.07, 6.45) is 4.70. The largest absolute Gasteiger partial charge is 0.393 e. The summed E-state index contributed by atoms with van der Waals surface area (Å²) in [6.45, 7) is 7.72.